The van der Waals surface area contributed by atoms with Crippen molar-refractivity contribution in [3.63, 3.8) is 0 Å². The molecule has 0 aliphatic heterocycles. The molecule has 2 aromatic rings. The van der Waals surface area contributed by atoms with E-state index in [9.17, 15) is 29.3 Å². The highest BCUT2D eigenvalue weighted by atomic mass is 32.5. The van der Waals surface area contributed by atoms with Crippen molar-refractivity contribution in [2.75, 3.05) is 12.4 Å². The van der Waals surface area contributed by atoms with E-state index in [1.54, 1.807) is 24.3 Å². The lowest BCUT2D eigenvalue weighted by atomic mass is 10.1. The van der Waals surface area contributed by atoms with E-state index >= 15 is 0 Å². The van der Waals surface area contributed by atoms with Gasteiger partial charge in [0.1, 0.15) is 10.6 Å². The Kier molecular flexibility index (Phi) is 4.32. The van der Waals surface area contributed by atoms with Gasteiger partial charge in [-0.2, -0.15) is 0 Å². The molecule has 0 unspecified atom stereocenters. The fourth-order valence-corrected chi connectivity index (χ4v) is 3.72. The van der Waals surface area contributed by atoms with Crippen molar-refractivity contribution in [3.05, 3.63) is 53.6 Å². The van der Waals surface area contributed by atoms with E-state index in [4.69, 9.17) is 4.74 Å². The SMILES string of the molecule is COc1ccc(S(F)(F)(F)(F)F)cc1NC(=O)N[C@@H]1Cc2ccccc2[C@@H]1O. The molecule has 0 heterocycles. The number of nitrogens with one attached hydrogen (secondary N) is 2. The Labute approximate surface area is 157 Å². The average Bonchev–Trinajstić information content (AvgIpc) is 2.89. The summed E-state index contributed by atoms with van der Waals surface area (Å²) in [6.07, 6.45) is -0.687. The third-order valence-corrected chi connectivity index (χ3v) is 5.52. The first-order valence-electron chi connectivity index (χ1n) is 8.04. The summed E-state index contributed by atoms with van der Waals surface area (Å²) < 4.78 is 70.0. The molecule has 2 aromatic carbocycles. The van der Waals surface area contributed by atoms with Crippen molar-refractivity contribution in [2.24, 2.45) is 0 Å². The number of rotatable bonds is 4. The number of halogens is 5. The lowest BCUT2D eigenvalue weighted by Gasteiger charge is -2.40. The third kappa shape index (κ3) is 4.14. The molecule has 0 saturated heterocycles. The Balaban J connectivity index is 1.79. The molecule has 154 valence electrons. The Morgan fingerprint density at radius 1 is 1.14 bits per heavy atom. The molecule has 3 rings (SSSR count). The monoisotopic (exact) mass is 424 g/mol. The van der Waals surface area contributed by atoms with Gasteiger partial charge in [0.2, 0.25) is 0 Å². The van der Waals surface area contributed by atoms with Crippen molar-refractivity contribution in [1.82, 2.24) is 5.32 Å². The summed E-state index contributed by atoms with van der Waals surface area (Å²) in [5.41, 5.74) is 0.879. The van der Waals surface area contributed by atoms with Crippen molar-refractivity contribution in [3.8, 4) is 5.75 Å². The van der Waals surface area contributed by atoms with Crippen LogP contribution >= 0.6 is 10.2 Å². The zero-order valence-corrected chi connectivity index (χ0v) is 15.3. The van der Waals surface area contributed by atoms with E-state index in [0.717, 1.165) is 12.7 Å². The van der Waals surface area contributed by atoms with Crippen LogP contribution in [-0.2, 0) is 6.42 Å². The normalized spacial score (nSPS) is 21.2. The van der Waals surface area contributed by atoms with E-state index in [2.05, 4.69) is 10.6 Å². The van der Waals surface area contributed by atoms with E-state index in [1.165, 1.54) is 0 Å². The number of carbonyl (C=O) groups is 1. The smallest absolute Gasteiger partial charge is 0.319 e. The van der Waals surface area contributed by atoms with Crippen molar-refractivity contribution in [1.29, 1.82) is 0 Å². The number of hydrogen-bond donors (Lipinski definition) is 3. The van der Waals surface area contributed by atoms with Crippen LogP contribution in [0.5, 0.6) is 5.75 Å². The van der Waals surface area contributed by atoms with Crippen molar-refractivity contribution >= 4 is 21.9 Å². The first-order chi connectivity index (χ1) is 12.8. The zero-order valence-electron chi connectivity index (χ0n) is 14.5. The molecule has 28 heavy (non-hydrogen) atoms. The van der Waals surface area contributed by atoms with Gasteiger partial charge in [0.15, 0.2) is 0 Å². The van der Waals surface area contributed by atoms with E-state index in [1.807, 2.05) is 0 Å². The summed E-state index contributed by atoms with van der Waals surface area (Å²) in [5, 5.41) is 14.8. The summed E-state index contributed by atoms with van der Waals surface area (Å²) in [5.74, 6) is -0.226. The number of urea groups is 1. The van der Waals surface area contributed by atoms with Gasteiger partial charge in [-0.15, -0.1) is 0 Å². The van der Waals surface area contributed by atoms with Gasteiger partial charge in [-0.05, 0) is 35.7 Å². The maximum atomic E-state index is 13.0. The minimum atomic E-state index is -9.92. The Hall–Kier alpha value is -2.53. The molecule has 2 amide bonds. The average molecular weight is 424 g/mol. The topological polar surface area (TPSA) is 70.6 Å². The fourth-order valence-electron chi connectivity index (χ4n) is 3.06. The van der Waals surface area contributed by atoms with Crippen LogP contribution in [0, 0.1) is 0 Å². The molecule has 2 atom stereocenters. The number of aliphatic hydroxyl groups excluding tert-OH is 1. The van der Waals surface area contributed by atoms with Gasteiger partial charge in [-0.3, -0.25) is 0 Å². The maximum Gasteiger partial charge on any atom is 0.319 e. The van der Waals surface area contributed by atoms with Crippen LogP contribution in [0.1, 0.15) is 17.2 Å². The van der Waals surface area contributed by atoms with Crippen LogP contribution in [0.3, 0.4) is 0 Å². The van der Waals surface area contributed by atoms with Gasteiger partial charge < -0.3 is 20.5 Å². The molecule has 0 bridgehead atoms. The summed E-state index contributed by atoms with van der Waals surface area (Å²) in [6, 6.07) is 6.30. The fraction of sp³-hybridized carbons (Fsp3) is 0.235. The van der Waals surface area contributed by atoms with Crippen LogP contribution in [0.4, 0.5) is 29.9 Å². The van der Waals surface area contributed by atoms with Crippen LogP contribution in [0.25, 0.3) is 0 Å². The summed E-state index contributed by atoms with van der Waals surface area (Å²) in [7, 11) is -8.80. The van der Waals surface area contributed by atoms with Crippen molar-refractivity contribution in [2.45, 2.75) is 23.5 Å². The van der Waals surface area contributed by atoms with Gasteiger partial charge in [0, 0.05) is 0 Å². The van der Waals surface area contributed by atoms with E-state index in [-0.39, 0.29) is 17.9 Å². The number of aliphatic hydroxyl groups is 1. The number of fused-ring (bicyclic) bond motifs is 1. The summed E-state index contributed by atoms with van der Waals surface area (Å²) >= 11 is 0. The lowest BCUT2D eigenvalue weighted by molar-refractivity contribution is 0.145. The highest BCUT2D eigenvalue weighted by Crippen LogP contribution is 3.02. The molecule has 0 spiro atoms. The largest absolute Gasteiger partial charge is 0.495 e. The van der Waals surface area contributed by atoms with Gasteiger partial charge in [0.25, 0.3) is 0 Å². The quantitative estimate of drug-likeness (QED) is 0.596. The van der Waals surface area contributed by atoms with E-state index in [0.29, 0.717) is 18.1 Å². The van der Waals surface area contributed by atoms with Gasteiger partial charge in [-0.1, -0.05) is 43.7 Å². The number of hydrogen-bond acceptors (Lipinski definition) is 3. The minimum Gasteiger partial charge on any atom is -0.495 e. The molecule has 11 heteroatoms. The molecule has 0 aromatic heterocycles. The lowest BCUT2D eigenvalue weighted by Crippen LogP contribution is -2.40. The van der Waals surface area contributed by atoms with Crippen LogP contribution in [0.2, 0.25) is 0 Å². The number of anilines is 1. The molecule has 1 aliphatic rings. The Morgan fingerprint density at radius 2 is 1.82 bits per heavy atom. The standard InChI is InChI=1S/C17H17F5N2O3S/c1-27-15-7-6-11(28(18,19,20,21)22)9-13(15)23-17(26)24-14-8-10-4-2-3-5-12(10)16(14)25/h2-7,9,14,16,25H,8H2,1H3,(H2,23,24,26)/t14-,16+/m1/s1. The Morgan fingerprint density at radius 3 is 2.43 bits per heavy atom. The van der Waals surface area contributed by atoms with Crippen LogP contribution in [-0.4, -0.2) is 24.3 Å². The second-order valence-corrected chi connectivity index (χ2v) is 8.79. The predicted molar refractivity (Wildman–Crippen MR) is 95.4 cm³/mol. The van der Waals surface area contributed by atoms with Crippen LogP contribution < -0.4 is 15.4 Å². The first kappa shape index (κ1) is 20.2. The third-order valence-electron chi connectivity index (χ3n) is 4.38. The molecular weight excluding hydrogens is 407 g/mol. The molecular formula is C17H17F5N2O3S. The summed E-state index contributed by atoms with van der Waals surface area (Å²) in [6.45, 7) is 0. The Bertz CT molecular complexity index is 937. The highest BCUT2D eigenvalue weighted by Gasteiger charge is 2.65. The number of benzene rings is 2. The van der Waals surface area contributed by atoms with Gasteiger partial charge in [-0.25, -0.2) is 4.79 Å². The highest BCUT2D eigenvalue weighted by molar-refractivity contribution is 8.45. The van der Waals surface area contributed by atoms with Gasteiger partial charge in [0.05, 0.1) is 24.9 Å². The first-order valence-corrected chi connectivity index (χ1v) is 9.99. The molecule has 0 saturated carbocycles. The number of methoxy groups -OCH3 is 1. The zero-order chi connectivity index (χ0) is 20.8. The van der Waals surface area contributed by atoms with Gasteiger partial charge >= 0.3 is 16.3 Å². The predicted octanol–water partition coefficient (Wildman–Crippen LogP) is 5.13. The van der Waals surface area contributed by atoms with Crippen LogP contribution in [0.15, 0.2) is 47.4 Å². The molecule has 0 fully saturated rings. The second-order valence-electron chi connectivity index (χ2n) is 6.38. The molecule has 5 nitrogen and oxygen atoms in total. The van der Waals surface area contributed by atoms with E-state index < -0.39 is 39.0 Å². The maximum absolute atomic E-state index is 13.0. The molecule has 0 radical (unpaired) electrons. The second kappa shape index (κ2) is 5.98. The number of carbonyl (C=O) groups excluding carboxylic acids is 1. The minimum absolute atomic E-state index is 0.125. The number of ether oxygens (including phenoxy) is 1. The molecule has 1 aliphatic carbocycles. The summed E-state index contributed by atoms with van der Waals surface area (Å²) in [4.78, 5) is 10.1. The van der Waals surface area contributed by atoms with Crippen molar-refractivity contribution < 1.29 is 34.1 Å². The molecule has 3 N–H and O–H groups in total. The number of amides is 2.